The maximum atomic E-state index is 12.6. The lowest BCUT2D eigenvalue weighted by atomic mass is 10.2. The number of halogens is 3. The molecule has 0 saturated heterocycles. The minimum atomic E-state index is -2.52. The molecule has 1 aromatic heterocycles. The third-order valence-corrected chi connectivity index (χ3v) is 3.10. The van der Waals surface area contributed by atoms with E-state index in [1.165, 1.54) is 6.20 Å². The molecule has 2 rings (SSSR count). The maximum absolute atomic E-state index is 12.6. The van der Waals surface area contributed by atoms with E-state index < -0.39 is 7.40 Å². The third-order valence-electron chi connectivity index (χ3n) is 1.99. The molecule has 0 atom stereocenters. The third kappa shape index (κ3) is 2.04. The molecule has 0 unspecified atom stereocenters. The van der Waals surface area contributed by atoms with E-state index >= 15 is 0 Å². The molecule has 0 spiro atoms. The highest BCUT2D eigenvalue weighted by Crippen LogP contribution is 2.29. The van der Waals surface area contributed by atoms with Crippen LogP contribution in [0.15, 0.2) is 41.2 Å². The highest BCUT2D eigenvalue weighted by molar-refractivity contribution is 14.1. The van der Waals surface area contributed by atoms with Crippen molar-refractivity contribution in [3.05, 3.63) is 41.9 Å². The normalized spacial score (nSPS) is 17.3. The van der Waals surface area contributed by atoms with E-state index in [0.29, 0.717) is 5.69 Å². The van der Waals surface area contributed by atoms with Crippen molar-refractivity contribution < 1.29 is 8.63 Å². The lowest BCUT2D eigenvalue weighted by molar-refractivity contribution is 0.628. The van der Waals surface area contributed by atoms with Crippen LogP contribution in [-0.4, -0.2) is 18.1 Å². The van der Waals surface area contributed by atoms with Gasteiger partial charge in [-0.3, -0.25) is 13.6 Å². The van der Waals surface area contributed by atoms with Gasteiger partial charge in [0.25, 0.3) is 0 Å². The molecular formula is C9H6BF2IN2. The second-order valence-electron chi connectivity index (χ2n) is 2.91. The number of allylic oxidation sites excluding steroid dienone is 2. The Labute approximate surface area is 99.7 Å². The summed E-state index contributed by atoms with van der Waals surface area (Å²) in [6.45, 7) is 0. The van der Waals surface area contributed by atoms with Crippen LogP contribution in [0.5, 0.6) is 0 Å². The van der Waals surface area contributed by atoms with Gasteiger partial charge in [-0.25, -0.2) is 0 Å². The summed E-state index contributed by atoms with van der Waals surface area (Å²) < 4.78 is 26.8. The van der Waals surface area contributed by atoms with Crippen molar-refractivity contribution in [2.45, 2.75) is 0 Å². The van der Waals surface area contributed by atoms with Gasteiger partial charge in [0.1, 0.15) is 0 Å². The SMILES string of the molecule is FB(F)n1cccc1/C(I)=C1/C=CC=N1. The number of hydrogen-bond donors (Lipinski definition) is 0. The summed E-state index contributed by atoms with van der Waals surface area (Å²) in [5, 5.41) is 0. The lowest BCUT2D eigenvalue weighted by Crippen LogP contribution is -2.13. The zero-order valence-corrected chi connectivity index (χ0v) is 9.73. The van der Waals surface area contributed by atoms with Gasteiger partial charge in [0.15, 0.2) is 0 Å². The number of aromatic nitrogens is 1. The predicted octanol–water partition coefficient (Wildman–Crippen LogP) is 3.00. The molecule has 1 aliphatic rings. The van der Waals surface area contributed by atoms with Crippen molar-refractivity contribution in [1.29, 1.82) is 0 Å². The largest absolute Gasteiger partial charge is 0.677 e. The Morgan fingerprint density at radius 2 is 2.27 bits per heavy atom. The molecule has 1 aromatic rings. The summed E-state index contributed by atoms with van der Waals surface area (Å²) in [5.74, 6) is 0. The molecule has 0 aliphatic carbocycles. The van der Waals surface area contributed by atoms with Gasteiger partial charge >= 0.3 is 7.40 Å². The van der Waals surface area contributed by atoms with Crippen LogP contribution in [0.2, 0.25) is 0 Å². The predicted molar refractivity (Wildman–Crippen MR) is 66.4 cm³/mol. The Morgan fingerprint density at radius 1 is 1.47 bits per heavy atom. The number of rotatable bonds is 2. The molecule has 0 bridgehead atoms. The first kappa shape index (κ1) is 10.6. The van der Waals surface area contributed by atoms with Crippen LogP contribution in [0.25, 0.3) is 3.58 Å². The molecule has 0 radical (unpaired) electrons. The van der Waals surface area contributed by atoms with Crippen LogP contribution in [-0.2, 0) is 0 Å². The summed E-state index contributed by atoms with van der Waals surface area (Å²) in [6, 6.07) is 3.26. The zero-order chi connectivity index (χ0) is 10.8. The number of nitrogens with zero attached hydrogens (tertiary/aromatic N) is 2. The van der Waals surface area contributed by atoms with E-state index in [0.717, 1.165) is 13.8 Å². The van der Waals surface area contributed by atoms with Crippen molar-refractivity contribution in [2.24, 2.45) is 4.99 Å². The molecule has 0 amide bonds. The summed E-state index contributed by atoms with van der Waals surface area (Å²) >= 11 is 2.03. The van der Waals surface area contributed by atoms with Gasteiger partial charge in [-0.05, 0) is 53.1 Å². The zero-order valence-electron chi connectivity index (χ0n) is 7.57. The first-order chi connectivity index (χ1) is 7.20. The van der Waals surface area contributed by atoms with E-state index in [1.54, 1.807) is 30.5 Å². The van der Waals surface area contributed by atoms with E-state index in [2.05, 4.69) is 4.99 Å². The second-order valence-corrected chi connectivity index (χ2v) is 3.99. The van der Waals surface area contributed by atoms with Crippen LogP contribution in [0.1, 0.15) is 5.69 Å². The molecule has 2 nitrogen and oxygen atoms in total. The highest BCUT2D eigenvalue weighted by atomic mass is 127. The first-order valence-corrected chi connectivity index (χ1v) is 5.34. The van der Waals surface area contributed by atoms with Crippen molar-refractivity contribution in [2.75, 3.05) is 0 Å². The average Bonchev–Trinajstić information content (AvgIpc) is 2.88. The van der Waals surface area contributed by atoms with Gasteiger partial charge in [0, 0.05) is 11.9 Å². The average molecular weight is 318 g/mol. The molecule has 0 aromatic carbocycles. The fourth-order valence-electron chi connectivity index (χ4n) is 1.31. The minimum Gasteiger partial charge on any atom is -0.331 e. The van der Waals surface area contributed by atoms with Gasteiger partial charge < -0.3 is 4.48 Å². The Morgan fingerprint density at radius 3 is 2.87 bits per heavy atom. The van der Waals surface area contributed by atoms with Crippen molar-refractivity contribution in [3.63, 3.8) is 0 Å². The Kier molecular flexibility index (Phi) is 3.04. The number of hydrogen-bond acceptors (Lipinski definition) is 1. The molecule has 15 heavy (non-hydrogen) atoms. The second kappa shape index (κ2) is 4.30. The molecule has 0 N–H and O–H groups in total. The summed E-state index contributed by atoms with van der Waals surface area (Å²) in [6.07, 6.45) is 6.58. The van der Waals surface area contributed by atoms with E-state index in [4.69, 9.17) is 0 Å². The highest BCUT2D eigenvalue weighted by Gasteiger charge is 2.21. The minimum absolute atomic E-state index is 0.490. The molecule has 0 fully saturated rings. The summed E-state index contributed by atoms with van der Waals surface area (Å²) in [5.41, 5.74) is 1.21. The maximum Gasteiger partial charge on any atom is 0.677 e. The van der Waals surface area contributed by atoms with Crippen LogP contribution in [0.3, 0.4) is 0 Å². The molecule has 2 heterocycles. The van der Waals surface area contributed by atoms with Crippen molar-refractivity contribution in [1.82, 2.24) is 4.48 Å². The monoisotopic (exact) mass is 318 g/mol. The van der Waals surface area contributed by atoms with E-state index in [1.807, 2.05) is 22.6 Å². The number of aliphatic imine (C=N–C) groups is 1. The van der Waals surface area contributed by atoms with Crippen molar-refractivity contribution in [3.8, 4) is 0 Å². The Balaban J connectivity index is 2.46. The van der Waals surface area contributed by atoms with E-state index in [-0.39, 0.29) is 0 Å². The fourth-order valence-corrected chi connectivity index (χ4v) is 2.09. The van der Waals surface area contributed by atoms with E-state index in [9.17, 15) is 8.63 Å². The smallest absolute Gasteiger partial charge is 0.331 e. The lowest BCUT2D eigenvalue weighted by Gasteiger charge is -2.05. The Hall–Kier alpha value is -0.915. The van der Waals surface area contributed by atoms with Crippen LogP contribution < -0.4 is 0 Å². The molecule has 76 valence electrons. The van der Waals surface area contributed by atoms with Crippen molar-refractivity contribution >= 4 is 39.8 Å². The Bertz CT molecular complexity index is 448. The van der Waals surface area contributed by atoms with Crippen LogP contribution in [0, 0.1) is 0 Å². The van der Waals surface area contributed by atoms with Gasteiger partial charge in [-0.2, -0.15) is 0 Å². The fraction of sp³-hybridized carbons (Fsp3) is 0. The molecular weight excluding hydrogens is 312 g/mol. The quantitative estimate of drug-likeness (QED) is 0.589. The van der Waals surface area contributed by atoms with Gasteiger partial charge in [0.05, 0.1) is 9.28 Å². The molecule has 0 saturated carbocycles. The first-order valence-electron chi connectivity index (χ1n) is 4.26. The molecule has 1 aliphatic heterocycles. The van der Waals surface area contributed by atoms with Gasteiger partial charge in [-0.15, -0.1) is 0 Å². The topological polar surface area (TPSA) is 17.3 Å². The van der Waals surface area contributed by atoms with Crippen LogP contribution >= 0.6 is 22.6 Å². The molecule has 6 heteroatoms. The van der Waals surface area contributed by atoms with Gasteiger partial charge in [-0.1, -0.05) is 0 Å². The summed E-state index contributed by atoms with van der Waals surface area (Å²) in [4.78, 5) is 4.07. The summed E-state index contributed by atoms with van der Waals surface area (Å²) in [7, 11) is -2.52. The van der Waals surface area contributed by atoms with Crippen LogP contribution in [0.4, 0.5) is 8.63 Å². The standard InChI is InChI=1S/C9H6BF2IN2/c11-10(12)15-6-2-4-8(15)9(13)7-3-1-5-14-7/h1-6H/b9-7+. The van der Waals surface area contributed by atoms with Gasteiger partial charge in [0.2, 0.25) is 0 Å².